The predicted molar refractivity (Wildman–Crippen MR) is 70.8 cm³/mol. The second kappa shape index (κ2) is 5.85. The molecule has 0 spiro atoms. The van der Waals surface area contributed by atoms with E-state index in [1.54, 1.807) is 18.2 Å². The van der Waals surface area contributed by atoms with Crippen molar-refractivity contribution in [3.05, 3.63) is 29.8 Å². The number of sulfonamides is 1. The lowest BCUT2D eigenvalue weighted by molar-refractivity contribution is 0.556. The molecule has 5 heteroatoms. The van der Waals surface area contributed by atoms with Crippen LogP contribution in [0.3, 0.4) is 0 Å². The van der Waals surface area contributed by atoms with Crippen molar-refractivity contribution in [1.82, 2.24) is 4.72 Å². The van der Waals surface area contributed by atoms with E-state index >= 15 is 0 Å². The van der Waals surface area contributed by atoms with Crippen LogP contribution in [-0.2, 0) is 10.0 Å². The maximum absolute atomic E-state index is 11.9. The van der Waals surface area contributed by atoms with Crippen LogP contribution in [0.5, 0.6) is 0 Å². The Morgan fingerprint density at radius 2 is 2.00 bits per heavy atom. The van der Waals surface area contributed by atoms with Crippen LogP contribution < -0.4 is 4.72 Å². The summed E-state index contributed by atoms with van der Waals surface area (Å²) in [4.78, 5) is 0.283. The molecule has 0 saturated carbocycles. The smallest absolute Gasteiger partial charge is 0.210 e. The second-order valence-corrected chi connectivity index (χ2v) is 6.76. The lowest BCUT2D eigenvalue weighted by Gasteiger charge is -2.14. The molecule has 96 valence electrons. The standard InChI is InChI=1S/C12H18ClNO2S/c1-9(2)12(13)8-14-17(15,16)11-6-4-5-10(3)7-11/h4-7,9,12,14H,8H2,1-3H3. The van der Waals surface area contributed by atoms with Gasteiger partial charge in [0.1, 0.15) is 0 Å². The molecule has 0 heterocycles. The molecule has 0 aliphatic heterocycles. The van der Waals surface area contributed by atoms with Crippen molar-refractivity contribution in [3.8, 4) is 0 Å². The van der Waals surface area contributed by atoms with Crippen LogP contribution in [0.25, 0.3) is 0 Å². The van der Waals surface area contributed by atoms with Crippen molar-refractivity contribution < 1.29 is 8.42 Å². The van der Waals surface area contributed by atoms with Crippen molar-refractivity contribution in [2.75, 3.05) is 6.54 Å². The van der Waals surface area contributed by atoms with Gasteiger partial charge in [0.15, 0.2) is 0 Å². The number of rotatable bonds is 5. The summed E-state index contributed by atoms with van der Waals surface area (Å²) in [7, 11) is -3.45. The van der Waals surface area contributed by atoms with E-state index in [4.69, 9.17) is 11.6 Å². The fourth-order valence-corrected chi connectivity index (χ4v) is 2.62. The largest absolute Gasteiger partial charge is 0.240 e. The van der Waals surface area contributed by atoms with E-state index in [1.807, 2.05) is 26.8 Å². The molecule has 1 unspecified atom stereocenters. The summed E-state index contributed by atoms with van der Waals surface area (Å²) in [6.07, 6.45) is 0. The third kappa shape index (κ3) is 4.30. The lowest BCUT2D eigenvalue weighted by atomic mass is 10.1. The average Bonchev–Trinajstić information content (AvgIpc) is 2.26. The number of nitrogens with one attached hydrogen (secondary N) is 1. The normalized spacial score (nSPS) is 13.9. The van der Waals surface area contributed by atoms with Gasteiger partial charge in [-0.2, -0.15) is 0 Å². The molecule has 1 atom stereocenters. The minimum Gasteiger partial charge on any atom is -0.210 e. The van der Waals surface area contributed by atoms with Gasteiger partial charge in [0.2, 0.25) is 10.0 Å². The highest BCUT2D eigenvalue weighted by Crippen LogP contribution is 2.13. The minimum absolute atomic E-state index is 0.199. The summed E-state index contributed by atoms with van der Waals surface area (Å²) >= 11 is 6.01. The molecule has 3 nitrogen and oxygen atoms in total. The highest BCUT2D eigenvalue weighted by atomic mass is 35.5. The molecule has 0 fully saturated rings. The molecule has 0 bridgehead atoms. The van der Waals surface area contributed by atoms with E-state index in [2.05, 4.69) is 4.72 Å². The number of hydrogen-bond acceptors (Lipinski definition) is 2. The van der Waals surface area contributed by atoms with Gasteiger partial charge in [-0.15, -0.1) is 11.6 Å². The quantitative estimate of drug-likeness (QED) is 0.840. The fraction of sp³-hybridized carbons (Fsp3) is 0.500. The first-order valence-corrected chi connectivity index (χ1v) is 7.45. The molecule has 0 aliphatic carbocycles. The summed E-state index contributed by atoms with van der Waals surface area (Å²) < 4.78 is 26.4. The monoisotopic (exact) mass is 275 g/mol. The second-order valence-electron chi connectivity index (χ2n) is 4.43. The van der Waals surface area contributed by atoms with Crippen LogP contribution in [0, 0.1) is 12.8 Å². The lowest BCUT2D eigenvalue weighted by Crippen LogP contribution is -2.32. The van der Waals surface area contributed by atoms with Gasteiger partial charge >= 0.3 is 0 Å². The van der Waals surface area contributed by atoms with Crippen molar-refractivity contribution in [3.63, 3.8) is 0 Å². The van der Waals surface area contributed by atoms with E-state index in [0.717, 1.165) is 5.56 Å². The van der Waals surface area contributed by atoms with E-state index in [9.17, 15) is 8.42 Å². The highest BCUT2D eigenvalue weighted by molar-refractivity contribution is 7.89. The van der Waals surface area contributed by atoms with Crippen LogP contribution >= 0.6 is 11.6 Å². The van der Waals surface area contributed by atoms with E-state index in [-0.39, 0.29) is 22.7 Å². The number of benzene rings is 1. The van der Waals surface area contributed by atoms with Gasteiger partial charge in [-0.05, 0) is 30.5 Å². The number of hydrogen-bond donors (Lipinski definition) is 1. The molecule has 0 radical (unpaired) electrons. The Morgan fingerprint density at radius 1 is 1.35 bits per heavy atom. The van der Waals surface area contributed by atoms with E-state index < -0.39 is 10.0 Å². The Hall–Kier alpha value is -0.580. The molecule has 17 heavy (non-hydrogen) atoms. The molecule has 1 aromatic carbocycles. The Bertz CT molecular complexity index is 471. The molecular formula is C12H18ClNO2S. The van der Waals surface area contributed by atoms with Crippen LogP contribution in [0.2, 0.25) is 0 Å². The summed E-state index contributed by atoms with van der Waals surface area (Å²) in [5, 5.41) is -0.199. The molecule has 1 aromatic rings. The fourth-order valence-electron chi connectivity index (χ4n) is 1.29. The molecule has 0 aliphatic rings. The Balaban J connectivity index is 2.76. The Morgan fingerprint density at radius 3 is 2.53 bits per heavy atom. The summed E-state index contributed by atoms with van der Waals surface area (Å²) in [6.45, 7) is 6.02. The van der Waals surface area contributed by atoms with Crippen LogP contribution in [-0.4, -0.2) is 20.3 Å². The topological polar surface area (TPSA) is 46.2 Å². The predicted octanol–water partition coefficient (Wildman–Crippen LogP) is 2.54. The van der Waals surface area contributed by atoms with Gasteiger partial charge < -0.3 is 0 Å². The number of halogens is 1. The molecule has 0 amide bonds. The van der Waals surface area contributed by atoms with E-state index in [0.29, 0.717) is 0 Å². The molecular weight excluding hydrogens is 258 g/mol. The number of alkyl halides is 1. The van der Waals surface area contributed by atoms with Crippen molar-refractivity contribution in [2.24, 2.45) is 5.92 Å². The Kier molecular flexibility index (Phi) is 4.98. The third-order valence-electron chi connectivity index (χ3n) is 2.49. The zero-order valence-electron chi connectivity index (χ0n) is 10.3. The maximum Gasteiger partial charge on any atom is 0.240 e. The molecule has 0 saturated heterocycles. The SMILES string of the molecule is Cc1cccc(S(=O)(=O)NCC(Cl)C(C)C)c1. The van der Waals surface area contributed by atoms with Gasteiger partial charge in [0.25, 0.3) is 0 Å². The van der Waals surface area contributed by atoms with E-state index in [1.165, 1.54) is 0 Å². The van der Waals surface area contributed by atoms with Gasteiger partial charge in [-0.1, -0.05) is 26.0 Å². The Labute approximate surface area is 108 Å². The summed E-state index contributed by atoms with van der Waals surface area (Å²) in [5.74, 6) is 0.233. The molecule has 0 aromatic heterocycles. The molecule has 1 N–H and O–H groups in total. The van der Waals surface area contributed by atoms with Crippen molar-refractivity contribution >= 4 is 21.6 Å². The van der Waals surface area contributed by atoms with Gasteiger partial charge in [0, 0.05) is 11.9 Å². The third-order valence-corrected chi connectivity index (χ3v) is 4.57. The summed E-state index contributed by atoms with van der Waals surface area (Å²) in [5.41, 5.74) is 0.916. The summed E-state index contributed by atoms with van der Waals surface area (Å²) in [6, 6.07) is 6.80. The van der Waals surface area contributed by atoms with Crippen molar-refractivity contribution in [2.45, 2.75) is 31.0 Å². The van der Waals surface area contributed by atoms with Crippen LogP contribution in [0.1, 0.15) is 19.4 Å². The van der Waals surface area contributed by atoms with Crippen LogP contribution in [0.4, 0.5) is 0 Å². The van der Waals surface area contributed by atoms with Gasteiger partial charge in [-0.3, -0.25) is 0 Å². The van der Waals surface area contributed by atoms with Crippen LogP contribution in [0.15, 0.2) is 29.2 Å². The zero-order chi connectivity index (χ0) is 13.1. The first-order chi connectivity index (χ1) is 7.83. The number of aryl methyl sites for hydroxylation is 1. The maximum atomic E-state index is 11.9. The minimum atomic E-state index is -3.45. The highest BCUT2D eigenvalue weighted by Gasteiger charge is 2.17. The first kappa shape index (κ1) is 14.5. The zero-order valence-corrected chi connectivity index (χ0v) is 11.8. The molecule has 1 rings (SSSR count). The van der Waals surface area contributed by atoms with Crippen molar-refractivity contribution in [1.29, 1.82) is 0 Å². The first-order valence-electron chi connectivity index (χ1n) is 5.53. The van der Waals surface area contributed by atoms with Gasteiger partial charge in [-0.25, -0.2) is 13.1 Å². The average molecular weight is 276 g/mol. The van der Waals surface area contributed by atoms with Gasteiger partial charge in [0.05, 0.1) is 4.90 Å².